The highest BCUT2D eigenvalue weighted by atomic mass is 35.5. The van der Waals surface area contributed by atoms with Gasteiger partial charge in [-0.15, -0.1) is 11.6 Å². The van der Waals surface area contributed by atoms with Crippen LogP contribution >= 0.6 is 11.6 Å². The van der Waals surface area contributed by atoms with E-state index in [1.165, 1.54) is 5.56 Å². The molecule has 0 saturated carbocycles. The van der Waals surface area contributed by atoms with E-state index in [0.29, 0.717) is 12.3 Å². The van der Waals surface area contributed by atoms with Crippen LogP contribution in [-0.2, 0) is 16.4 Å². The van der Waals surface area contributed by atoms with Gasteiger partial charge in [-0.2, -0.15) is 0 Å². The fourth-order valence-electron chi connectivity index (χ4n) is 1.82. The van der Waals surface area contributed by atoms with Crippen LogP contribution in [0.25, 0.3) is 0 Å². The molecule has 0 heterocycles. The third-order valence-electron chi connectivity index (χ3n) is 3.04. The summed E-state index contributed by atoms with van der Waals surface area (Å²) in [6.07, 6.45) is 2.31. The normalized spacial score (nSPS) is 13.4. The second-order valence-corrected chi connectivity index (χ2v) is 6.90. The van der Waals surface area contributed by atoms with Gasteiger partial charge in [0.15, 0.2) is 0 Å². The number of unbranched alkanes of at least 4 members (excludes halogenated alkanes) is 1. The SMILES string of the molecule is CCc1ccc(C(C)NS(=O)(=O)CCCCCl)cc1. The molecule has 1 atom stereocenters. The van der Waals surface area contributed by atoms with Crippen molar-refractivity contribution in [1.82, 2.24) is 4.72 Å². The lowest BCUT2D eigenvalue weighted by Gasteiger charge is -2.15. The van der Waals surface area contributed by atoms with Gasteiger partial charge < -0.3 is 0 Å². The van der Waals surface area contributed by atoms with E-state index in [2.05, 4.69) is 11.6 Å². The van der Waals surface area contributed by atoms with Crippen molar-refractivity contribution < 1.29 is 8.42 Å². The molecule has 1 N–H and O–H groups in total. The van der Waals surface area contributed by atoms with Gasteiger partial charge in [0.1, 0.15) is 0 Å². The molecule has 0 radical (unpaired) electrons. The van der Waals surface area contributed by atoms with Crippen LogP contribution in [0.1, 0.15) is 43.9 Å². The maximum atomic E-state index is 11.9. The standard InChI is InChI=1S/C14H22ClNO2S/c1-3-13-6-8-14(9-7-13)12(2)16-19(17,18)11-5-4-10-15/h6-9,12,16H,3-5,10-11H2,1-2H3. The number of halogens is 1. The van der Waals surface area contributed by atoms with E-state index in [-0.39, 0.29) is 11.8 Å². The molecule has 0 aliphatic carbocycles. The maximum absolute atomic E-state index is 11.9. The van der Waals surface area contributed by atoms with Crippen LogP contribution in [0.5, 0.6) is 0 Å². The van der Waals surface area contributed by atoms with Gasteiger partial charge >= 0.3 is 0 Å². The molecule has 1 unspecified atom stereocenters. The molecule has 108 valence electrons. The molecule has 0 amide bonds. The minimum Gasteiger partial charge on any atom is -0.212 e. The van der Waals surface area contributed by atoms with Crippen molar-refractivity contribution >= 4 is 21.6 Å². The molecule has 0 spiro atoms. The Balaban J connectivity index is 2.59. The molecule has 19 heavy (non-hydrogen) atoms. The van der Waals surface area contributed by atoms with E-state index >= 15 is 0 Å². The van der Waals surface area contributed by atoms with Crippen LogP contribution in [0.3, 0.4) is 0 Å². The highest BCUT2D eigenvalue weighted by molar-refractivity contribution is 7.89. The van der Waals surface area contributed by atoms with Crippen molar-refractivity contribution in [3.8, 4) is 0 Å². The van der Waals surface area contributed by atoms with E-state index in [1.807, 2.05) is 31.2 Å². The number of nitrogens with one attached hydrogen (secondary N) is 1. The first-order chi connectivity index (χ1) is 8.98. The fourth-order valence-corrected chi connectivity index (χ4v) is 3.39. The third-order valence-corrected chi connectivity index (χ3v) is 4.85. The van der Waals surface area contributed by atoms with Crippen LogP contribution < -0.4 is 4.72 Å². The van der Waals surface area contributed by atoms with Gasteiger partial charge in [0.05, 0.1) is 5.75 Å². The first-order valence-electron chi connectivity index (χ1n) is 6.63. The summed E-state index contributed by atoms with van der Waals surface area (Å²) in [6, 6.07) is 7.82. The summed E-state index contributed by atoms with van der Waals surface area (Å²) in [5.74, 6) is 0.640. The molecule has 1 aromatic rings. The van der Waals surface area contributed by atoms with Crippen LogP contribution in [0, 0.1) is 0 Å². The number of hydrogen-bond donors (Lipinski definition) is 1. The lowest BCUT2D eigenvalue weighted by molar-refractivity contribution is 0.564. The molecular formula is C14H22ClNO2S. The minimum absolute atomic E-state index is 0.136. The summed E-state index contributed by atoms with van der Waals surface area (Å²) in [4.78, 5) is 0. The zero-order chi connectivity index (χ0) is 14.3. The summed E-state index contributed by atoms with van der Waals surface area (Å²) in [5, 5.41) is 0. The van der Waals surface area contributed by atoms with Crippen molar-refractivity contribution in [3.05, 3.63) is 35.4 Å². The molecule has 0 aromatic heterocycles. The Hall–Kier alpha value is -0.580. The van der Waals surface area contributed by atoms with E-state index in [9.17, 15) is 8.42 Å². The number of rotatable bonds is 8. The second-order valence-electron chi connectivity index (χ2n) is 4.65. The largest absolute Gasteiger partial charge is 0.212 e. The Bertz CT molecular complexity index is 471. The van der Waals surface area contributed by atoms with Crippen molar-refractivity contribution in [3.63, 3.8) is 0 Å². The van der Waals surface area contributed by atoms with Gasteiger partial charge in [0.25, 0.3) is 0 Å². The van der Waals surface area contributed by atoms with Crippen molar-refractivity contribution in [1.29, 1.82) is 0 Å². The number of aryl methyl sites for hydroxylation is 1. The van der Waals surface area contributed by atoms with Gasteiger partial charge in [0.2, 0.25) is 10.0 Å². The molecule has 1 aromatic carbocycles. The summed E-state index contributed by atoms with van der Waals surface area (Å²) < 4.78 is 26.4. The topological polar surface area (TPSA) is 46.2 Å². The number of benzene rings is 1. The lowest BCUT2D eigenvalue weighted by Crippen LogP contribution is -2.29. The Labute approximate surface area is 121 Å². The monoisotopic (exact) mass is 303 g/mol. The second kappa shape index (κ2) is 7.88. The Morgan fingerprint density at radius 3 is 2.37 bits per heavy atom. The molecule has 0 bridgehead atoms. The van der Waals surface area contributed by atoms with Gasteiger partial charge in [-0.25, -0.2) is 13.1 Å². The van der Waals surface area contributed by atoms with Crippen LogP contribution in [0.2, 0.25) is 0 Å². The average molecular weight is 304 g/mol. The van der Waals surface area contributed by atoms with Crippen molar-refractivity contribution in [2.24, 2.45) is 0 Å². The van der Waals surface area contributed by atoms with Gasteiger partial charge in [0, 0.05) is 11.9 Å². The van der Waals surface area contributed by atoms with Crippen molar-refractivity contribution in [2.75, 3.05) is 11.6 Å². The number of sulfonamides is 1. The van der Waals surface area contributed by atoms with Gasteiger partial charge in [-0.1, -0.05) is 31.2 Å². The highest BCUT2D eigenvalue weighted by Gasteiger charge is 2.15. The van der Waals surface area contributed by atoms with Gasteiger partial charge in [-0.05, 0) is 37.3 Å². The number of alkyl halides is 1. The first kappa shape index (κ1) is 16.5. The zero-order valence-electron chi connectivity index (χ0n) is 11.5. The molecule has 0 saturated heterocycles. The van der Waals surface area contributed by atoms with E-state index < -0.39 is 10.0 Å². The third kappa shape index (κ3) is 5.93. The number of hydrogen-bond acceptors (Lipinski definition) is 2. The summed E-state index contributed by atoms with van der Waals surface area (Å²) in [7, 11) is -3.23. The smallest absolute Gasteiger partial charge is 0.212 e. The molecule has 3 nitrogen and oxygen atoms in total. The maximum Gasteiger partial charge on any atom is 0.212 e. The Morgan fingerprint density at radius 1 is 1.21 bits per heavy atom. The molecule has 0 aliphatic heterocycles. The highest BCUT2D eigenvalue weighted by Crippen LogP contribution is 2.15. The zero-order valence-corrected chi connectivity index (χ0v) is 13.1. The summed E-state index contributed by atoms with van der Waals surface area (Å²) in [6.45, 7) is 3.96. The average Bonchev–Trinajstić information content (AvgIpc) is 2.38. The van der Waals surface area contributed by atoms with Gasteiger partial charge in [-0.3, -0.25) is 0 Å². The van der Waals surface area contributed by atoms with E-state index in [4.69, 9.17) is 11.6 Å². The fraction of sp³-hybridized carbons (Fsp3) is 0.571. The summed E-state index contributed by atoms with van der Waals surface area (Å²) in [5.41, 5.74) is 2.24. The molecular weight excluding hydrogens is 282 g/mol. The Morgan fingerprint density at radius 2 is 1.84 bits per heavy atom. The molecule has 0 fully saturated rings. The predicted octanol–water partition coefficient (Wildman–Crippen LogP) is 3.25. The summed E-state index contributed by atoms with van der Waals surface area (Å²) >= 11 is 5.55. The minimum atomic E-state index is -3.23. The first-order valence-corrected chi connectivity index (χ1v) is 8.82. The van der Waals surface area contributed by atoms with Crippen molar-refractivity contribution in [2.45, 2.75) is 39.2 Å². The molecule has 5 heteroatoms. The Kier molecular flexibility index (Phi) is 6.83. The quantitative estimate of drug-likeness (QED) is 0.592. The lowest BCUT2D eigenvalue weighted by atomic mass is 10.1. The predicted molar refractivity (Wildman–Crippen MR) is 81.1 cm³/mol. The van der Waals surface area contributed by atoms with Crippen LogP contribution in [0.4, 0.5) is 0 Å². The van der Waals surface area contributed by atoms with E-state index in [0.717, 1.165) is 18.4 Å². The molecule has 1 rings (SSSR count). The van der Waals surface area contributed by atoms with Crippen LogP contribution in [-0.4, -0.2) is 20.1 Å². The van der Waals surface area contributed by atoms with Crippen LogP contribution in [0.15, 0.2) is 24.3 Å². The van der Waals surface area contributed by atoms with E-state index in [1.54, 1.807) is 0 Å². The molecule has 0 aliphatic rings.